The molecule has 3 amide bonds. The number of aromatic nitrogens is 3. The van der Waals surface area contributed by atoms with Crippen molar-refractivity contribution >= 4 is 23.4 Å². The van der Waals surface area contributed by atoms with Crippen LogP contribution in [0.25, 0.3) is 11.3 Å². The summed E-state index contributed by atoms with van der Waals surface area (Å²) < 4.78 is 5.17. The lowest BCUT2D eigenvalue weighted by molar-refractivity contribution is -0.137. The van der Waals surface area contributed by atoms with Gasteiger partial charge in [-0.25, -0.2) is 0 Å². The number of piperazine rings is 1. The lowest BCUT2D eigenvalue weighted by Gasteiger charge is -2.35. The molecule has 1 N–H and O–H groups in total. The smallest absolute Gasteiger partial charge is 0.272 e. The van der Waals surface area contributed by atoms with Crippen molar-refractivity contribution in [2.45, 2.75) is 6.42 Å². The standard InChI is InChI=1S/C25H26N6O4/c1-35-20-6-4-19(5-7-20)31-16-18(13-23(31)32)24(33)29-9-11-30(12-10-29)25(34)22-14-21(27-28-22)17-3-2-8-26-15-17/h2-8,14-15,18H,9-13,16H2,1H3,(H,27,28)/t18-/m0/s1. The zero-order chi connectivity index (χ0) is 24.4. The molecule has 4 heterocycles. The first-order valence-corrected chi connectivity index (χ1v) is 11.5. The summed E-state index contributed by atoms with van der Waals surface area (Å²) in [7, 11) is 1.59. The van der Waals surface area contributed by atoms with Gasteiger partial charge in [-0.2, -0.15) is 5.10 Å². The molecule has 2 aliphatic rings. The Balaban J connectivity index is 1.17. The van der Waals surface area contributed by atoms with Gasteiger partial charge in [-0.1, -0.05) is 0 Å². The number of ether oxygens (including phenoxy) is 1. The number of methoxy groups -OCH3 is 1. The van der Waals surface area contributed by atoms with Crippen LogP contribution in [0.15, 0.2) is 54.9 Å². The van der Waals surface area contributed by atoms with E-state index in [2.05, 4.69) is 15.2 Å². The minimum absolute atomic E-state index is 0.0399. The van der Waals surface area contributed by atoms with Gasteiger partial charge in [0.15, 0.2) is 0 Å². The number of hydrogen-bond donors (Lipinski definition) is 1. The summed E-state index contributed by atoms with van der Waals surface area (Å²) in [5.41, 5.74) is 2.64. The maximum atomic E-state index is 13.1. The number of carbonyl (C=O) groups is 3. The number of nitrogens with one attached hydrogen (secondary N) is 1. The number of carbonyl (C=O) groups excluding carboxylic acids is 3. The molecule has 2 aromatic heterocycles. The number of hydrogen-bond acceptors (Lipinski definition) is 6. The Kier molecular flexibility index (Phi) is 6.17. The van der Waals surface area contributed by atoms with Gasteiger partial charge in [-0.3, -0.25) is 24.5 Å². The van der Waals surface area contributed by atoms with Crippen LogP contribution in [-0.2, 0) is 9.59 Å². The number of anilines is 1. The second kappa shape index (κ2) is 9.57. The Morgan fingerprint density at radius 3 is 2.49 bits per heavy atom. The first-order chi connectivity index (χ1) is 17.0. The van der Waals surface area contributed by atoms with Crippen molar-refractivity contribution in [3.05, 3.63) is 60.6 Å². The van der Waals surface area contributed by atoms with Gasteiger partial charge in [0.1, 0.15) is 11.4 Å². The zero-order valence-corrected chi connectivity index (χ0v) is 19.4. The van der Waals surface area contributed by atoms with Crippen LogP contribution in [0.2, 0.25) is 0 Å². The molecule has 2 fully saturated rings. The van der Waals surface area contributed by atoms with Crippen molar-refractivity contribution in [1.82, 2.24) is 25.0 Å². The third-order valence-electron chi connectivity index (χ3n) is 6.50. The summed E-state index contributed by atoms with van der Waals surface area (Å²) in [4.78, 5) is 47.9. The van der Waals surface area contributed by atoms with Crippen LogP contribution in [-0.4, -0.2) is 82.5 Å². The first kappa shape index (κ1) is 22.6. The minimum Gasteiger partial charge on any atom is -0.497 e. The van der Waals surface area contributed by atoms with E-state index < -0.39 is 0 Å². The van der Waals surface area contributed by atoms with Crippen molar-refractivity contribution in [2.24, 2.45) is 5.92 Å². The van der Waals surface area contributed by atoms with E-state index >= 15 is 0 Å². The molecule has 0 saturated carbocycles. The van der Waals surface area contributed by atoms with E-state index in [1.54, 1.807) is 52.4 Å². The summed E-state index contributed by atoms with van der Waals surface area (Å²) in [6.07, 6.45) is 3.56. The second-order valence-corrected chi connectivity index (χ2v) is 8.63. The Morgan fingerprint density at radius 1 is 1.06 bits per heavy atom. The van der Waals surface area contributed by atoms with E-state index in [0.717, 1.165) is 11.3 Å². The van der Waals surface area contributed by atoms with E-state index in [1.165, 1.54) is 0 Å². The molecule has 10 heteroatoms. The second-order valence-electron chi connectivity index (χ2n) is 8.63. The third-order valence-corrected chi connectivity index (χ3v) is 6.50. The zero-order valence-electron chi connectivity index (χ0n) is 19.4. The average Bonchev–Trinajstić information content (AvgIpc) is 3.56. The number of aromatic amines is 1. The van der Waals surface area contributed by atoms with Crippen molar-refractivity contribution in [1.29, 1.82) is 0 Å². The number of benzene rings is 1. The van der Waals surface area contributed by atoms with E-state index in [-0.39, 0.29) is 30.1 Å². The number of H-pyrrole nitrogens is 1. The fourth-order valence-corrected chi connectivity index (χ4v) is 4.54. The molecule has 0 unspecified atom stereocenters. The van der Waals surface area contributed by atoms with Crippen LogP contribution >= 0.6 is 0 Å². The third kappa shape index (κ3) is 4.59. The first-order valence-electron chi connectivity index (χ1n) is 11.5. The van der Waals surface area contributed by atoms with Crippen molar-refractivity contribution in [3.63, 3.8) is 0 Å². The molecule has 0 aliphatic carbocycles. The van der Waals surface area contributed by atoms with E-state index in [1.807, 2.05) is 24.3 Å². The van der Waals surface area contributed by atoms with Gasteiger partial charge in [0.05, 0.1) is 18.7 Å². The van der Waals surface area contributed by atoms with E-state index in [0.29, 0.717) is 49.9 Å². The van der Waals surface area contributed by atoms with Crippen LogP contribution in [0.1, 0.15) is 16.9 Å². The molecule has 2 saturated heterocycles. The van der Waals surface area contributed by atoms with Crippen LogP contribution in [0.3, 0.4) is 0 Å². The summed E-state index contributed by atoms with van der Waals surface area (Å²) >= 11 is 0. The van der Waals surface area contributed by atoms with E-state index in [4.69, 9.17) is 4.74 Å². The van der Waals surface area contributed by atoms with Crippen molar-refractivity contribution in [2.75, 3.05) is 44.7 Å². The van der Waals surface area contributed by atoms with Gasteiger partial charge in [0.25, 0.3) is 5.91 Å². The van der Waals surface area contributed by atoms with Gasteiger partial charge >= 0.3 is 0 Å². The topological polar surface area (TPSA) is 112 Å². The Morgan fingerprint density at radius 2 is 1.80 bits per heavy atom. The number of amides is 3. The molecule has 1 aromatic carbocycles. The monoisotopic (exact) mass is 474 g/mol. The highest BCUT2D eigenvalue weighted by Crippen LogP contribution is 2.28. The molecular weight excluding hydrogens is 448 g/mol. The molecule has 5 rings (SSSR count). The van der Waals surface area contributed by atoms with Crippen LogP contribution < -0.4 is 9.64 Å². The fourth-order valence-electron chi connectivity index (χ4n) is 4.54. The lowest BCUT2D eigenvalue weighted by atomic mass is 10.1. The van der Waals surface area contributed by atoms with Crippen molar-refractivity contribution < 1.29 is 19.1 Å². The maximum absolute atomic E-state index is 13.1. The molecule has 1 atom stereocenters. The molecule has 35 heavy (non-hydrogen) atoms. The lowest BCUT2D eigenvalue weighted by Crippen LogP contribution is -2.52. The van der Waals surface area contributed by atoms with Gasteiger partial charge in [0.2, 0.25) is 11.8 Å². The number of nitrogens with zero attached hydrogens (tertiary/aromatic N) is 5. The summed E-state index contributed by atoms with van der Waals surface area (Å²) in [6, 6.07) is 12.7. The summed E-state index contributed by atoms with van der Waals surface area (Å²) in [5.74, 6) is 0.0692. The molecule has 0 radical (unpaired) electrons. The van der Waals surface area contributed by atoms with Gasteiger partial charge in [-0.15, -0.1) is 0 Å². The Labute approximate surface area is 202 Å². The molecular formula is C25H26N6O4. The highest BCUT2D eigenvalue weighted by molar-refractivity contribution is 6.00. The quantitative estimate of drug-likeness (QED) is 0.604. The number of pyridine rings is 1. The van der Waals surface area contributed by atoms with Crippen LogP contribution in [0, 0.1) is 5.92 Å². The SMILES string of the molecule is COc1ccc(N2C[C@@H](C(=O)N3CCN(C(=O)c4cc(-c5cccnc5)n[nH]4)CC3)CC2=O)cc1. The molecule has 2 aliphatic heterocycles. The summed E-state index contributed by atoms with van der Waals surface area (Å²) in [6.45, 7) is 2.07. The molecule has 10 nitrogen and oxygen atoms in total. The highest BCUT2D eigenvalue weighted by atomic mass is 16.5. The minimum atomic E-state index is -0.387. The predicted molar refractivity (Wildman–Crippen MR) is 128 cm³/mol. The Bertz CT molecular complexity index is 1220. The van der Waals surface area contributed by atoms with Crippen molar-refractivity contribution in [3.8, 4) is 17.0 Å². The Hall–Kier alpha value is -4.21. The summed E-state index contributed by atoms with van der Waals surface area (Å²) in [5, 5.41) is 7.04. The predicted octanol–water partition coefficient (Wildman–Crippen LogP) is 1.82. The molecule has 180 valence electrons. The molecule has 0 bridgehead atoms. The van der Waals surface area contributed by atoms with Gasteiger partial charge < -0.3 is 19.4 Å². The highest BCUT2D eigenvalue weighted by Gasteiger charge is 2.38. The number of rotatable bonds is 5. The maximum Gasteiger partial charge on any atom is 0.272 e. The molecule has 3 aromatic rings. The fraction of sp³-hybridized carbons (Fsp3) is 0.320. The molecule has 0 spiro atoms. The van der Waals surface area contributed by atoms with Crippen LogP contribution in [0.5, 0.6) is 5.75 Å². The van der Waals surface area contributed by atoms with Crippen LogP contribution in [0.4, 0.5) is 5.69 Å². The largest absolute Gasteiger partial charge is 0.497 e. The average molecular weight is 475 g/mol. The van der Waals surface area contributed by atoms with E-state index in [9.17, 15) is 14.4 Å². The van der Waals surface area contributed by atoms with Gasteiger partial charge in [-0.05, 0) is 42.5 Å². The normalized spacial score (nSPS) is 18.1. The van der Waals surface area contributed by atoms with Gasteiger partial charge in [0, 0.05) is 62.8 Å².